The van der Waals surface area contributed by atoms with Crippen LogP contribution in [0.4, 0.5) is 0 Å². The molecule has 0 saturated heterocycles. The van der Waals surface area contributed by atoms with Gasteiger partial charge < -0.3 is 10.6 Å². The van der Waals surface area contributed by atoms with Gasteiger partial charge in [0.15, 0.2) is 6.29 Å². The van der Waals surface area contributed by atoms with Crippen molar-refractivity contribution in [3.8, 4) is 0 Å². The quantitative estimate of drug-likeness (QED) is 0.490. The molecular formula is C6H9N3O. The van der Waals surface area contributed by atoms with E-state index in [9.17, 15) is 4.79 Å². The van der Waals surface area contributed by atoms with Crippen molar-refractivity contribution in [2.45, 2.75) is 0 Å². The highest BCUT2D eigenvalue weighted by molar-refractivity contribution is 6.02. The van der Waals surface area contributed by atoms with Gasteiger partial charge in [-0.05, 0) is 0 Å². The van der Waals surface area contributed by atoms with Crippen molar-refractivity contribution in [2.24, 2.45) is 10.7 Å². The van der Waals surface area contributed by atoms with Crippen LogP contribution >= 0.6 is 0 Å². The molecule has 1 heterocycles. The minimum atomic E-state index is 0.453. The maximum atomic E-state index is 10.3. The highest BCUT2D eigenvalue weighted by Gasteiger charge is 2.08. The molecule has 0 spiro atoms. The molecule has 4 heteroatoms. The topological polar surface area (TPSA) is 58.7 Å². The van der Waals surface area contributed by atoms with Crippen molar-refractivity contribution >= 4 is 12.5 Å². The monoisotopic (exact) mass is 139 g/mol. The maximum absolute atomic E-state index is 10.3. The summed E-state index contributed by atoms with van der Waals surface area (Å²) in [6, 6.07) is 0. The molecule has 0 radical (unpaired) electrons. The summed E-state index contributed by atoms with van der Waals surface area (Å²) in [5, 5.41) is 0. The molecular weight excluding hydrogens is 130 g/mol. The van der Waals surface area contributed by atoms with Gasteiger partial charge in [-0.25, -0.2) is 0 Å². The number of allylic oxidation sites excluding steroid dienone is 1. The Morgan fingerprint density at radius 2 is 2.60 bits per heavy atom. The Kier molecular flexibility index (Phi) is 1.71. The minimum Gasteiger partial charge on any atom is -0.385 e. The molecule has 0 bridgehead atoms. The van der Waals surface area contributed by atoms with Crippen LogP contribution in [0.2, 0.25) is 0 Å². The predicted octanol–water partition coefficient (Wildman–Crippen LogP) is -0.671. The Bertz CT molecular complexity index is 207. The van der Waals surface area contributed by atoms with Crippen LogP contribution in [0.5, 0.6) is 0 Å². The fraction of sp³-hybridized carbons (Fsp3) is 0.333. The Labute approximate surface area is 59.0 Å². The summed E-state index contributed by atoms with van der Waals surface area (Å²) in [5.74, 6) is 0.491. The lowest BCUT2D eigenvalue weighted by molar-refractivity contribution is -0.104. The van der Waals surface area contributed by atoms with E-state index >= 15 is 0 Å². The summed E-state index contributed by atoms with van der Waals surface area (Å²) >= 11 is 0. The van der Waals surface area contributed by atoms with Gasteiger partial charge in [0.1, 0.15) is 12.5 Å². The Balaban J connectivity index is 2.92. The summed E-state index contributed by atoms with van der Waals surface area (Å²) in [5.41, 5.74) is 5.97. The second-order valence-corrected chi connectivity index (χ2v) is 2.11. The van der Waals surface area contributed by atoms with Crippen molar-refractivity contribution in [1.29, 1.82) is 0 Å². The smallest absolute Gasteiger partial charge is 0.155 e. The first kappa shape index (κ1) is 6.80. The largest absolute Gasteiger partial charge is 0.385 e. The zero-order valence-electron chi connectivity index (χ0n) is 5.74. The molecule has 0 amide bonds. The van der Waals surface area contributed by atoms with Crippen molar-refractivity contribution < 1.29 is 4.79 Å². The normalized spacial score (nSPS) is 17.9. The third-order valence-corrected chi connectivity index (χ3v) is 1.36. The standard InChI is InChI=1S/C6H9N3O/c1-9-4-8-2-5(3-10)6(9)7/h2-3H,4,7H2,1H3. The number of hydrogen-bond donors (Lipinski definition) is 1. The lowest BCUT2D eigenvalue weighted by atomic mass is 10.3. The summed E-state index contributed by atoms with van der Waals surface area (Å²) in [6.07, 6.45) is 2.19. The van der Waals surface area contributed by atoms with E-state index in [0.717, 1.165) is 0 Å². The van der Waals surface area contributed by atoms with Crippen molar-refractivity contribution in [3.05, 3.63) is 11.4 Å². The van der Waals surface area contributed by atoms with Gasteiger partial charge in [0.2, 0.25) is 0 Å². The van der Waals surface area contributed by atoms with E-state index in [1.165, 1.54) is 6.21 Å². The summed E-state index contributed by atoms with van der Waals surface area (Å²) in [7, 11) is 1.79. The fourth-order valence-corrected chi connectivity index (χ4v) is 0.715. The molecule has 0 aromatic rings. The molecule has 0 unspecified atom stereocenters. The second-order valence-electron chi connectivity index (χ2n) is 2.11. The predicted molar refractivity (Wildman–Crippen MR) is 38.4 cm³/mol. The number of aldehydes is 1. The number of carbonyl (C=O) groups excluding carboxylic acids is 1. The summed E-state index contributed by atoms with van der Waals surface area (Å²) in [4.78, 5) is 15.9. The molecule has 0 aromatic carbocycles. The third kappa shape index (κ3) is 1.00. The van der Waals surface area contributed by atoms with E-state index in [-0.39, 0.29) is 0 Å². The van der Waals surface area contributed by atoms with Gasteiger partial charge >= 0.3 is 0 Å². The number of nitrogens with zero attached hydrogens (tertiary/aromatic N) is 2. The van der Waals surface area contributed by atoms with E-state index in [2.05, 4.69) is 4.99 Å². The van der Waals surface area contributed by atoms with Gasteiger partial charge in [-0.3, -0.25) is 9.79 Å². The van der Waals surface area contributed by atoms with Crippen molar-refractivity contribution in [1.82, 2.24) is 4.90 Å². The van der Waals surface area contributed by atoms with E-state index in [0.29, 0.717) is 24.3 Å². The van der Waals surface area contributed by atoms with E-state index in [1.807, 2.05) is 0 Å². The first-order valence-electron chi connectivity index (χ1n) is 2.91. The first-order valence-corrected chi connectivity index (χ1v) is 2.91. The van der Waals surface area contributed by atoms with Gasteiger partial charge in [-0.1, -0.05) is 0 Å². The lowest BCUT2D eigenvalue weighted by Gasteiger charge is -2.20. The highest BCUT2D eigenvalue weighted by Crippen LogP contribution is 2.03. The molecule has 4 nitrogen and oxygen atoms in total. The average Bonchev–Trinajstić information content (AvgIpc) is 1.95. The van der Waals surface area contributed by atoms with Crippen LogP contribution in [-0.4, -0.2) is 31.1 Å². The molecule has 0 aromatic heterocycles. The van der Waals surface area contributed by atoms with Crippen LogP contribution < -0.4 is 5.73 Å². The summed E-state index contributed by atoms with van der Waals surface area (Å²) < 4.78 is 0. The van der Waals surface area contributed by atoms with Gasteiger partial charge in [-0.2, -0.15) is 0 Å². The van der Waals surface area contributed by atoms with Crippen LogP contribution in [0.3, 0.4) is 0 Å². The molecule has 0 aliphatic carbocycles. The molecule has 1 aliphatic heterocycles. The Morgan fingerprint density at radius 1 is 1.90 bits per heavy atom. The number of nitrogens with two attached hydrogens (primary N) is 1. The van der Waals surface area contributed by atoms with E-state index < -0.39 is 0 Å². The third-order valence-electron chi connectivity index (χ3n) is 1.36. The van der Waals surface area contributed by atoms with Gasteiger partial charge in [0.05, 0.1) is 5.57 Å². The van der Waals surface area contributed by atoms with Crippen LogP contribution in [0, 0.1) is 0 Å². The summed E-state index contributed by atoms with van der Waals surface area (Å²) in [6.45, 7) is 0.531. The number of carbonyl (C=O) groups is 1. The molecule has 54 valence electrons. The highest BCUT2D eigenvalue weighted by atomic mass is 16.1. The van der Waals surface area contributed by atoms with Crippen molar-refractivity contribution in [2.75, 3.05) is 13.7 Å². The Morgan fingerprint density at radius 3 is 3.10 bits per heavy atom. The van der Waals surface area contributed by atoms with Crippen LogP contribution in [-0.2, 0) is 4.79 Å². The number of rotatable bonds is 1. The molecule has 10 heavy (non-hydrogen) atoms. The molecule has 0 saturated carbocycles. The molecule has 0 fully saturated rings. The number of hydrogen-bond acceptors (Lipinski definition) is 4. The van der Waals surface area contributed by atoms with E-state index in [1.54, 1.807) is 11.9 Å². The van der Waals surface area contributed by atoms with Gasteiger partial charge in [0.25, 0.3) is 0 Å². The van der Waals surface area contributed by atoms with Gasteiger partial charge in [0, 0.05) is 13.3 Å². The lowest BCUT2D eigenvalue weighted by Crippen LogP contribution is -2.29. The van der Waals surface area contributed by atoms with Crippen molar-refractivity contribution in [3.63, 3.8) is 0 Å². The maximum Gasteiger partial charge on any atom is 0.155 e. The van der Waals surface area contributed by atoms with Crippen LogP contribution in [0.25, 0.3) is 0 Å². The minimum absolute atomic E-state index is 0.453. The van der Waals surface area contributed by atoms with Gasteiger partial charge in [-0.15, -0.1) is 0 Å². The second kappa shape index (κ2) is 2.51. The molecule has 0 atom stereocenters. The zero-order chi connectivity index (χ0) is 7.56. The fourth-order valence-electron chi connectivity index (χ4n) is 0.715. The first-order chi connectivity index (χ1) is 4.75. The van der Waals surface area contributed by atoms with Crippen LogP contribution in [0.15, 0.2) is 16.4 Å². The van der Waals surface area contributed by atoms with Crippen LogP contribution in [0.1, 0.15) is 0 Å². The van der Waals surface area contributed by atoms with E-state index in [4.69, 9.17) is 5.73 Å². The molecule has 1 rings (SSSR count). The Hall–Kier alpha value is -1.32. The zero-order valence-corrected chi connectivity index (χ0v) is 5.74. The molecule has 1 aliphatic rings. The SMILES string of the molecule is CN1CN=CC(C=O)=C1N. The number of aliphatic imine (C=N–C) groups is 1. The average molecular weight is 139 g/mol. The molecule has 2 N–H and O–H groups in total.